The molecule has 0 radical (unpaired) electrons. The third kappa shape index (κ3) is 3.66. The predicted molar refractivity (Wildman–Crippen MR) is 109 cm³/mol. The van der Waals surface area contributed by atoms with Gasteiger partial charge in [-0.05, 0) is 38.8 Å². The summed E-state index contributed by atoms with van der Waals surface area (Å²) in [7, 11) is 1.90. The summed E-state index contributed by atoms with van der Waals surface area (Å²) in [5, 5.41) is 12.8. The normalized spacial score (nSPS) is 18.1. The van der Waals surface area contributed by atoms with Gasteiger partial charge in [-0.25, -0.2) is 0 Å². The lowest BCUT2D eigenvalue weighted by Crippen LogP contribution is -2.34. The summed E-state index contributed by atoms with van der Waals surface area (Å²) in [6.07, 6.45) is 4.32. The number of hydrogen-bond acceptors (Lipinski definition) is 3. The third-order valence-corrected chi connectivity index (χ3v) is 6.04. The first-order valence-electron chi connectivity index (χ1n) is 9.53. The molecule has 1 atom stereocenters. The molecular formula is C21H26ClN5. The van der Waals surface area contributed by atoms with Crippen LogP contribution in [0.4, 0.5) is 0 Å². The van der Waals surface area contributed by atoms with Gasteiger partial charge in [-0.2, -0.15) is 10.2 Å². The fourth-order valence-electron chi connectivity index (χ4n) is 4.16. The Balaban J connectivity index is 1.55. The Kier molecular flexibility index (Phi) is 5.06. The topological polar surface area (TPSA) is 49.7 Å². The van der Waals surface area contributed by atoms with Gasteiger partial charge in [0, 0.05) is 42.9 Å². The highest BCUT2D eigenvalue weighted by Crippen LogP contribution is 2.34. The fourth-order valence-corrected chi connectivity index (χ4v) is 4.40. The van der Waals surface area contributed by atoms with E-state index in [0.29, 0.717) is 5.92 Å². The number of halogens is 1. The van der Waals surface area contributed by atoms with E-state index in [-0.39, 0.29) is 0 Å². The van der Waals surface area contributed by atoms with Gasteiger partial charge in [-0.1, -0.05) is 41.4 Å². The molecule has 0 aliphatic carbocycles. The van der Waals surface area contributed by atoms with Gasteiger partial charge in [0.15, 0.2) is 0 Å². The Labute approximate surface area is 165 Å². The molecule has 3 heterocycles. The van der Waals surface area contributed by atoms with Gasteiger partial charge in [-0.15, -0.1) is 0 Å². The first kappa shape index (κ1) is 18.3. The van der Waals surface area contributed by atoms with Gasteiger partial charge in [0.2, 0.25) is 0 Å². The van der Waals surface area contributed by atoms with Crippen LogP contribution in [0.5, 0.6) is 0 Å². The van der Waals surface area contributed by atoms with Crippen molar-refractivity contribution in [3.63, 3.8) is 0 Å². The maximum absolute atomic E-state index is 6.45. The van der Waals surface area contributed by atoms with Crippen LogP contribution in [0, 0.1) is 13.8 Å². The maximum atomic E-state index is 6.45. The monoisotopic (exact) mass is 383 g/mol. The second-order valence-electron chi connectivity index (χ2n) is 7.62. The van der Waals surface area contributed by atoms with E-state index in [9.17, 15) is 0 Å². The van der Waals surface area contributed by atoms with Crippen LogP contribution in [-0.4, -0.2) is 38.0 Å². The molecule has 0 saturated carbocycles. The van der Waals surface area contributed by atoms with Crippen molar-refractivity contribution in [1.82, 2.24) is 24.9 Å². The Morgan fingerprint density at radius 1 is 1.30 bits per heavy atom. The van der Waals surface area contributed by atoms with E-state index < -0.39 is 0 Å². The Morgan fingerprint density at radius 3 is 2.89 bits per heavy atom. The van der Waals surface area contributed by atoms with Crippen LogP contribution in [0.3, 0.4) is 0 Å². The highest BCUT2D eigenvalue weighted by Gasteiger charge is 2.26. The van der Waals surface area contributed by atoms with Crippen molar-refractivity contribution < 1.29 is 0 Å². The summed E-state index contributed by atoms with van der Waals surface area (Å²) in [4.78, 5) is 2.49. The number of rotatable bonds is 4. The maximum Gasteiger partial charge on any atom is 0.131 e. The van der Waals surface area contributed by atoms with Gasteiger partial charge in [0.05, 0.1) is 11.9 Å². The van der Waals surface area contributed by atoms with E-state index in [1.807, 2.05) is 20.2 Å². The van der Waals surface area contributed by atoms with E-state index in [1.54, 1.807) is 4.68 Å². The van der Waals surface area contributed by atoms with Crippen LogP contribution >= 0.6 is 11.6 Å². The number of benzene rings is 1. The van der Waals surface area contributed by atoms with E-state index >= 15 is 0 Å². The van der Waals surface area contributed by atoms with Gasteiger partial charge < -0.3 is 0 Å². The summed E-state index contributed by atoms with van der Waals surface area (Å²) in [6, 6.07) is 8.64. The zero-order valence-corrected chi connectivity index (χ0v) is 16.9. The minimum atomic E-state index is 0.451. The molecule has 1 aliphatic heterocycles. The highest BCUT2D eigenvalue weighted by atomic mass is 35.5. The molecule has 0 bridgehead atoms. The Bertz CT molecular complexity index is 942. The molecule has 27 heavy (non-hydrogen) atoms. The quantitative estimate of drug-likeness (QED) is 0.723. The lowest BCUT2D eigenvalue weighted by Gasteiger charge is -2.32. The second-order valence-corrected chi connectivity index (χ2v) is 7.98. The summed E-state index contributed by atoms with van der Waals surface area (Å²) in [5.74, 6) is 0.451. The van der Waals surface area contributed by atoms with Gasteiger partial charge in [-0.3, -0.25) is 14.7 Å². The molecular weight excluding hydrogens is 358 g/mol. The molecule has 1 aromatic carbocycles. The van der Waals surface area contributed by atoms with Gasteiger partial charge in [0.25, 0.3) is 0 Å². The number of hydrogen-bond donors (Lipinski definition) is 1. The summed E-state index contributed by atoms with van der Waals surface area (Å²) in [5.41, 5.74) is 7.14. The van der Waals surface area contributed by atoms with Gasteiger partial charge >= 0.3 is 0 Å². The molecule has 1 N–H and O–H groups in total. The molecule has 3 aromatic rings. The molecule has 1 saturated heterocycles. The van der Waals surface area contributed by atoms with Crippen molar-refractivity contribution in [2.45, 2.75) is 39.2 Å². The number of nitrogens with zero attached hydrogens (tertiary/aromatic N) is 4. The molecule has 1 aliphatic rings. The van der Waals surface area contributed by atoms with E-state index in [0.717, 1.165) is 36.0 Å². The summed E-state index contributed by atoms with van der Waals surface area (Å²) >= 11 is 6.45. The number of nitrogens with one attached hydrogen (secondary N) is 1. The first-order valence-corrected chi connectivity index (χ1v) is 9.91. The second kappa shape index (κ2) is 7.49. The van der Waals surface area contributed by atoms with E-state index in [2.05, 4.69) is 51.4 Å². The Morgan fingerprint density at radius 2 is 2.15 bits per heavy atom. The Hall–Kier alpha value is -2.11. The van der Waals surface area contributed by atoms with Crippen LogP contribution in [0.2, 0.25) is 5.15 Å². The SMILES string of the molecule is Cc1cccc(-c2cn[nH]c2C2CCCN(Cc3c(C)nn(C)c3Cl)C2)c1. The van der Waals surface area contributed by atoms with Crippen molar-refractivity contribution in [2.75, 3.05) is 13.1 Å². The highest BCUT2D eigenvalue weighted by molar-refractivity contribution is 6.30. The minimum absolute atomic E-state index is 0.451. The molecule has 142 valence electrons. The molecule has 1 fully saturated rings. The fraction of sp³-hybridized carbons (Fsp3) is 0.429. The van der Waals surface area contributed by atoms with Crippen LogP contribution in [0.1, 0.15) is 41.3 Å². The van der Waals surface area contributed by atoms with Crippen molar-refractivity contribution >= 4 is 11.6 Å². The zero-order valence-electron chi connectivity index (χ0n) is 16.2. The predicted octanol–water partition coefficient (Wildman–Crippen LogP) is 4.46. The minimum Gasteiger partial charge on any atom is -0.298 e. The van der Waals surface area contributed by atoms with Crippen LogP contribution < -0.4 is 0 Å². The van der Waals surface area contributed by atoms with Crippen LogP contribution in [-0.2, 0) is 13.6 Å². The van der Waals surface area contributed by atoms with Gasteiger partial charge in [0.1, 0.15) is 5.15 Å². The summed E-state index contributed by atoms with van der Waals surface area (Å²) in [6.45, 7) is 7.11. The first-order chi connectivity index (χ1) is 13.0. The summed E-state index contributed by atoms with van der Waals surface area (Å²) < 4.78 is 1.76. The number of aryl methyl sites for hydroxylation is 3. The lowest BCUT2D eigenvalue weighted by atomic mass is 9.90. The van der Waals surface area contributed by atoms with E-state index in [4.69, 9.17) is 11.6 Å². The number of likely N-dealkylation sites (tertiary alicyclic amines) is 1. The standard InChI is InChI=1S/C21H26ClN5/c1-14-6-4-7-16(10-14)18-11-23-24-20(18)17-8-5-9-27(12-17)13-19-15(2)25-26(3)21(19)22/h4,6-7,10-11,17H,5,8-9,12-13H2,1-3H3,(H,23,24). The smallest absolute Gasteiger partial charge is 0.131 e. The average molecular weight is 384 g/mol. The number of H-pyrrole nitrogens is 1. The number of aromatic amines is 1. The largest absolute Gasteiger partial charge is 0.298 e. The van der Waals surface area contributed by atoms with Crippen molar-refractivity contribution in [3.05, 3.63) is 58.1 Å². The molecule has 5 nitrogen and oxygen atoms in total. The molecule has 4 rings (SSSR count). The van der Waals surface area contributed by atoms with Crippen LogP contribution in [0.25, 0.3) is 11.1 Å². The third-order valence-electron chi connectivity index (χ3n) is 5.56. The molecule has 6 heteroatoms. The van der Waals surface area contributed by atoms with E-state index in [1.165, 1.54) is 35.2 Å². The molecule has 0 amide bonds. The van der Waals surface area contributed by atoms with Crippen molar-refractivity contribution in [2.24, 2.45) is 7.05 Å². The van der Waals surface area contributed by atoms with Crippen molar-refractivity contribution in [3.8, 4) is 11.1 Å². The van der Waals surface area contributed by atoms with Crippen molar-refractivity contribution in [1.29, 1.82) is 0 Å². The average Bonchev–Trinajstić information content (AvgIpc) is 3.23. The number of aromatic nitrogens is 4. The lowest BCUT2D eigenvalue weighted by molar-refractivity contribution is 0.198. The molecule has 1 unspecified atom stereocenters. The van der Waals surface area contributed by atoms with Crippen LogP contribution in [0.15, 0.2) is 30.5 Å². The molecule has 2 aromatic heterocycles. The number of piperidine rings is 1. The zero-order chi connectivity index (χ0) is 19.0. The molecule has 0 spiro atoms.